The fraction of sp³-hybridized carbons (Fsp3) is 0.316. The Morgan fingerprint density at radius 3 is 2.19 bits per heavy atom. The number of hydroxylamine groups is 2. The molecule has 0 aliphatic carbocycles. The minimum Gasteiger partial charge on any atom is -0.275 e. The van der Waals surface area contributed by atoms with E-state index in [0.717, 1.165) is 10.6 Å². The number of hydrogen-bond acceptors (Lipinski definition) is 4. The number of carbonyl (C=O) groups excluding carboxylic acids is 1. The lowest BCUT2D eigenvalue weighted by atomic mass is 9.94. The molecule has 26 heavy (non-hydrogen) atoms. The first-order valence-electron chi connectivity index (χ1n) is 8.22. The SMILES string of the molecule is CON(C)C(=O)[C@H](C)[C@@H](NS(=O)(=O)c1ccc(C)cc1)c1ccccc1. The Bertz CT molecular complexity index is 836. The first-order chi connectivity index (χ1) is 12.3. The minimum atomic E-state index is -3.80. The van der Waals surface area contributed by atoms with Crippen LogP contribution in [0.3, 0.4) is 0 Å². The van der Waals surface area contributed by atoms with Crippen LogP contribution in [0.1, 0.15) is 24.1 Å². The second-order valence-electron chi connectivity index (χ2n) is 6.13. The third kappa shape index (κ3) is 4.69. The van der Waals surface area contributed by atoms with Crippen molar-refractivity contribution in [1.29, 1.82) is 0 Å². The van der Waals surface area contributed by atoms with E-state index in [9.17, 15) is 13.2 Å². The van der Waals surface area contributed by atoms with Gasteiger partial charge in [-0.2, -0.15) is 0 Å². The number of benzene rings is 2. The van der Waals surface area contributed by atoms with E-state index >= 15 is 0 Å². The van der Waals surface area contributed by atoms with Crippen molar-refractivity contribution in [1.82, 2.24) is 9.79 Å². The van der Waals surface area contributed by atoms with E-state index in [2.05, 4.69) is 4.72 Å². The molecule has 1 N–H and O–H groups in total. The summed E-state index contributed by atoms with van der Waals surface area (Å²) in [7, 11) is -0.914. The summed E-state index contributed by atoms with van der Waals surface area (Å²) in [4.78, 5) is 17.6. The molecule has 2 rings (SSSR count). The standard InChI is InChI=1S/C19H24N2O4S/c1-14-10-12-17(13-11-14)26(23,24)20-18(16-8-6-5-7-9-16)15(2)19(22)21(3)25-4/h5-13,15,18,20H,1-4H3/t15-,18-/m1/s1. The lowest BCUT2D eigenvalue weighted by molar-refractivity contribution is -0.173. The van der Waals surface area contributed by atoms with Crippen molar-refractivity contribution in [2.24, 2.45) is 5.92 Å². The molecule has 0 aliphatic rings. The predicted octanol–water partition coefficient (Wildman–Crippen LogP) is 2.67. The summed E-state index contributed by atoms with van der Waals surface area (Å²) in [6, 6.07) is 14.9. The molecule has 0 bridgehead atoms. The minimum absolute atomic E-state index is 0.156. The van der Waals surface area contributed by atoms with Crippen molar-refractivity contribution >= 4 is 15.9 Å². The molecular weight excluding hydrogens is 352 g/mol. The van der Waals surface area contributed by atoms with E-state index in [4.69, 9.17) is 4.84 Å². The smallest absolute Gasteiger partial charge is 0.250 e. The van der Waals surface area contributed by atoms with Gasteiger partial charge in [0.1, 0.15) is 0 Å². The number of sulfonamides is 1. The summed E-state index contributed by atoms with van der Waals surface area (Å²) >= 11 is 0. The van der Waals surface area contributed by atoms with Gasteiger partial charge < -0.3 is 0 Å². The number of aryl methyl sites for hydroxylation is 1. The summed E-state index contributed by atoms with van der Waals surface area (Å²) in [6.45, 7) is 3.56. The fourth-order valence-corrected chi connectivity index (χ4v) is 3.90. The van der Waals surface area contributed by atoms with Crippen molar-refractivity contribution in [2.45, 2.75) is 24.8 Å². The van der Waals surface area contributed by atoms with Crippen molar-refractivity contribution < 1.29 is 18.0 Å². The molecular formula is C19H24N2O4S. The Kier molecular flexibility index (Phi) is 6.52. The zero-order valence-corrected chi connectivity index (χ0v) is 16.2. The highest BCUT2D eigenvalue weighted by molar-refractivity contribution is 7.89. The molecule has 0 aromatic heterocycles. The highest BCUT2D eigenvalue weighted by atomic mass is 32.2. The van der Waals surface area contributed by atoms with E-state index < -0.39 is 22.0 Å². The Morgan fingerprint density at radius 1 is 1.08 bits per heavy atom. The Morgan fingerprint density at radius 2 is 1.65 bits per heavy atom. The number of rotatable bonds is 7. The van der Waals surface area contributed by atoms with Gasteiger partial charge in [0.25, 0.3) is 5.91 Å². The molecule has 2 aromatic carbocycles. The van der Waals surface area contributed by atoms with Crippen LogP contribution in [0.4, 0.5) is 0 Å². The molecule has 140 valence electrons. The Balaban J connectivity index is 2.38. The van der Waals surface area contributed by atoms with Crippen molar-refractivity contribution in [3.05, 3.63) is 65.7 Å². The Hall–Kier alpha value is -2.22. The van der Waals surface area contributed by atoms with Crippen LogP contribution >= 0.6 is 0 Å². The highest BCUT2D eigenvalue weighted by Crippen LogP contribution is 2.26. The van der Waals surface area contributed by atoms with Gasteiger partial charge in [0.2, 0.25) is 10.0 Å². The number of carbonyl (C=O) groups is 1. The van der Waals surface area contributed by atoms with Crippen LogP contribution < -0.4 is 4.72 Å². The highest BCUT2D eigenvalue weighted by Gasteiger charge is 2.32. The average molecular weight is 376 g/mol. The number of nitrogens with zero attached hydrogens (tertiary/aromatic N) is 1. The van der Waals surface area contributed by atoms with E-state index in [1.54, 1.807) is 55.5 Å². The van der Waals surface area contributed by atoms with Crippen LogP contribution in [-0.4, -0.2) is 33.5 Å². The lowest BCUT2D eigenvalue weighted by Crippen LogP contribution is -2.40. The van der Waals surface area contributed by atoms with Crippen molar-refractivity contribution in [3.63, 3.8) is 0 Å². The number of amides is 1. The monoisotopic (exact) mass is 376 g/mol. The van der Waals surface area contributed by atoms with Gasteiger partial charge in [0.15, 0.2) is 0 Å². The van der Waals surface area contributed by atoms with Crippen LogP contribution in [0.15, 0.2) is 59.5 Å². The number of hydrogen-bond donors (Lipinski definition) is 1. The van der Waals surface area contributed by atoms with Gasteiger partial charge in [-0.15, -0.1) is 0 Å². The summed E-state index contributed by atoms with van der Waals surface area (Å²) in [5.41, 5.74) is 1.67. The Labute approximate surface area is 154 Å². The van der Waals surface area contributed by atoms with E-state index in [1.165, 1.54) is 14.2 Å². The zero-order chi connectivity index (χ0) is 19.3. The first kappa shape index (κ1) is 20.1. The summed E-state index contributed by atoms with van der Waals surface area (Å²) in [5.74, 6) is -0.990. The molecule has 0 saturated carbocycles. The largest absolute Gasteiger partial charge is 0.275 e. The molecule has 0 heterocycles. The van der Waals surface area contributed by atoms with Crippen LogP contribution in [0.2, 0.25) is 0 Å². The maximum atomic E-state index is 12.8. The molecule has 1 amide bonds. The third-order valence-electron chi connectivity index (χ3n) is 4.25. The average Bonchev–Trinajstić information content (AvgIpc) is 2.65. The van der Waals surface area contributed by atoms with Gasteiger partial charge in [0, 0.05) is 7.05 Å². The molecule has 7 heteroatoms. The molecule has 0 aliphatic heterocycles. The molecule has 0 radical (unpaired) electrons. The van der Waals surface area contributed by atoms with Crippen LogP contribution in [-0.2, 0) is 19.7 Å². The van der Waals surface area contributed by atoms with Gasteiger partial charge >= 0.3 is 0 Å². The number of nitrogens with one attached hydrogen (secondary N) is 1. The first-order valence-corrected chi connectivity index (χ1v) is 9.70. The van der Waals surface area contributed by atoms with Gasteiger partial charge in [-0.3, -0.25) is 9.63 Å². The van der Waals surface area contributed by atoms with Crippen LogP contribution in [0, 0.1) is 12.8 Å². The van der Waals surface area contributed by atoms with Gasteiger partial charge in [-0.1, -0.05) is 55.0 Å². The molecule has 6 nitrogen and oxygen atoms in total. The van der Waals surface area contributed by atoms with E-state index in [0.29, 0.717) is 5.56 Å². The summed E-state index contributed by atoms with van der Waals surface area (Å²) in [5, 5.41) is 1.10. The second kappa shape index (κ2) is 8.44. The maximum absolute atomic E-state index is 12.8. The lowest BCUT2D eigenvalue weighted by Gasteiger charge is -2.27. The molecule has 0 unspecified atom stereocenters. The van der Waals surface area contributed by atoms with E-state index in [1.807, 2.05) is 13.0 Å². The summed E-state index contributed by atoms with van der Waals surface area (Å²) < 4.78 is 28.3. The molecule has 0 spiro atoms. The van der Waals surface area contributed by atoms with Gasteiger partial charge in [-0.05, 0) is 24.6 Å². The molecule has 0 fully saturated rings. The van der Waals surface area contributed by atoms with Gasteiger partial charge in [-0.25, -0.2) is 18.2 Å². The van der Waals surface area contributed by atoms with Gasteiger partial charge in [0.05, 0.1) is 24.0 Å². The maximum Gasteiger partial charge on any atom is 0.250 e. The third-order valence-corrected chi connectivity index (χ3v) is 5.70. The topological polar surface area (TPSA) is 75.7 Å². The molecule has 2 atom stereocenters. The van der Waals surface area contributed by atoms with Crippen LogP contribution in [0.5, 0.6) is 0 Å². The normalized spacial score (nSPS) is 13.8. The van der Waals surface area contributed by atoms with E-state index in [-0.39, 0.29) is 10.8 Å². The molecule has 0 saturated heterocycles. The quantitative estimate of drug-likeness (QED) is 0.754. The predicted molar refractivity (Wildman–Crippen MR) is 99.6 cm³/mol. The zero-order valence-electron chi connectivity index (χ0n) is 15.3. The fourth-order valence-electron chi connectivity index (χ4n) is 2.59. The summed E-state index contributed by atoms with van der Waals surface area (Å²) in [6.07, 6.45) is 0. The van der Waals surface area contributed by atoms with Crippen LogP contribution in [0.25, 0.3) is 0 Å². The van der Waals surface area contributed by atoms with Crippen molar-refractivity contribution in [3.8, 4) is 0 Å². The second-order valence-corrected chi connectivity index (χ2v) is 7.84. The van der Waals surface area contributed by atoms with Crippen molar-refractivity contribution in [2.75, 3.05) is 14.2 Å². The molecule has 2 aromatic rings.